The predicted molar refractivity (Wildman–Crippen MR) is 88.6 cm³/mol. The lowest BCUT2D eigenvalue weighted by Gasteiger charge is -2.37. The molecule has 1 saturated heterocycles. The van der Waals surface area contributed by atoms with Crippen LogP contribution in [-0.4, -0.2) is 56.8 Å². The lowest BCUT2D eigenvalue weighted by Crippen LogP contribution is -2.47. The number of fused-ring (bicyclic) bond motifs is 1. The molecule has 1 N–H and O–H groups in total. The van der Waals surface area contributed by atoms with E-state index in [1.807, 2.05) is 10.9 Å². The molecule has 2 aromatic rings. The van der Waals surface area contributed by atoms with Crippen LogP contribution in [0.15, 0.2) is 12.5 Å². The summed E-state index contributed by atoms with van der Waals surface area (Å²) in [6.45, 7) is 10.1. The first-order valence-corrected chi connectivity index (χ1v) is 8.09. The van der Waals surface area contributed by atoms with E-state index in [1.165, 1.54) is 0 Å². The third-order valence-electron chi connectivity index (χ3n) is 4.09. The number of aliphatic hydroxyl groups excluding tert-OH is 1. The minimum Gasteiger partial charge on any atom is -0.393 e. The van der Waals surface area contributed by atoms with Crippen molar-refractivity contribution in [2.24, 2.45) is 0 Å². The first-order chi connectivity index (χ1) is 10.9. The van der Waals surface area contributed by atoms with Crippen LogP contribution in [-0.2, 0) is 10.3 Å². The lowest BCUT2D eigenvalue weighted by atomic mass is 10.1. The molecule has 1 aliphatic rings. The van der Waals surface area contributed by atoms with Gasteiger partial charge in [-0.05, 0) is 34.1 Å². The van der Waals surface area contributed by atoms with Crippen molar-refractivity contribution in [3.8, 4) is 0 Å². The Morgan fingerprint density at radius 3 is 2.87 bits per heavy atom. The molecule has 3 rings (SSSR count). The van der Waals surface area contributed by atoms with Crippen molar-refractivity contribution in [1.82, 2.24) is 19.7 Å². The molecule has 126 valence electrons. The summed E-state index contributed by atoms with van der Waals surface area (Å²) in [7, 11) is 0. The number of aromatic nitrogens is 4. The maximum Gasteiger partial charge on any atom is 0.163 e. The minimum absolute atomic E-state index is 0.111. The van der Waals surface area contributed by atoms with Crippen LogP contribution >= 0.6 is 0 Å². The second-order valence-electron chi connectivity index (χ2n) is 7.17. The lowest BCUT2D eigenvalue weighted by molar-refractivity contribution is 0.0719. The molecule has 0 saturated carbocycles. The van der Waals surface area contributed by atoms with Crippen LogP contribution < -0.4 is 4.90 Å². The van der Waals surface area contributed by atoms with Gasteiger partial charge in [-0.1, -0.05) is 0 Å². The highest BCUT2D eigenvalue weighted by molar-refractivity contribution is 5.87. The van der Waals surface area contributed by atoms with E-state index >= 15 is 0 Å². The maximum atomic E-state index is 9.76. The Morgan fingerprint density at radius 2 is 2.17 bits per heavy atom. The fourth-order valence-electron chi connectivity index (χ4n) is 3.07. The third kappa shape index (κ3) is 3.16. The average molecular weight is 319 g/mol. The van der Waals surface area contributed by atoms with Gasteiger partial charge in [0.05, 0.1) is 42.5 Å². The van der Waals surface area contributed by atoms with Crippen molar-refractivity contribution >= 4 is 16.9 Å². The van der Waals surface area contributed by atoms with Crippen molar-refractivity contribution < 1.29 is 9.84 Å². The van der Waals surface area contributed by atoms with E-state index in [0.29, 0.717) is 19.6 Å². The van der Waals surface area contributed by atoms with Crippen LogP contribution in [0.2, 0.25) is 0 Å². The number of anilines is 1. The number of morpholine rings is 1. The van der Waals surface area contributed by atoms with Gasteiger partial charge in [-0.2, -0.15) is 5.10 Å². The van der Waals surface area contributed by atoms with Gasteiger partial charge in [-0.25, -0.2) is 14.6 Å². The monoisotopic (exact) mass is 319 g/mol. The number of hydrogen-bond acceptors (Lipinski definition) is 6. The van der Waals surface area contributed by atoms with Crippen LogP contribution in [0.25, 0.3) is 11.0 Å². The van der Waals surface area contributed by atoms with E-state index in [2.05, 4.69) is 40.7 Å². The summed E-state index contributed by atoms with van der Waals surface area (Å²) < 4.78 is 7.52. The van der Waals surface area contributed by atoms with E-state index in [1.54, 1.807) is 13.3 Å². The molecule has 3 heterocycles. The van der Waals surface area contributed by atoms with Crippen LogP contribution in [0.5, 0.6) is 0 Å². The second-order valence-corrected chi connectivity index (χ2v) is 7.17. The van der Waals surface area contributed by atoms with Gasteiger partial charge in [0, 0.05) is 6.54 Å². The smallest absolute Gasteiger partial charge is 0.163 e. The molecular weight excluding hydrogens is 294 g/mol. The van der Waals surface area contributed by atoms with Gasteiger partial charge in [0.2, 0.25) is 0 Å². The van der Waals surface area contributed by atoms with Gasteiger partial charge in [0.15, 0.2) is 5.65 Å². The fraction of sp³-hybridized carbons (Fsp3) is 0.688. The molecule has 0 radical (unpaired) electrons. The molecule has 0 bridgehead atoms. The Hall–Kier alpha value is -1.73. The molecule has 2 atom stereocenters. The highest BCUT2D eigenvalue weighted by atomic mass is 16.5. The van der Waals surface area contributed by atoms with Crippen LogP contribution in [0.3, 0.4) is 0 Å². The summed E-state index contributed by atoms with van der Waals surface area (Å²) in [5.74, 6) is 0.874. The topological polar surface area (TPSA) is 76.3 Å². The quantitative estimate of drug-likeness (QED) is 0.925. The Morgan fingerprint density at radius 1 is 1.39 bits per heavy atom. The summed E-state index contributed by atoms with van der Waals surface area (Å²) >= 11 is 0. The zero-order valence-electron chi connectivity index (χ0n) is 14.2. The Labute approximate surface area is 136 Å². The molecule has 7 nitrogen and oxygen atoms in total. The minimum atomic E-state index is -0.376. The summed E-state index contributed by atoms with van der Waals surface area (Å²) in [4.78, 5) is 11.2. The van der Waals surface area contributed by atoms with Crippen molar-refractivity contribution in [3.05, 3.63) is 12.5 Å². The van der Waals surface area contributed by atoms with Crippen LogP contribution in [0, 0.1) is 0 Å². The Bertz CT molecular complexity index is 677. The molecule has 0 aromatic carbocycles. The van der Waals surface area contributed by atoms with Gasteiger partial charge >= 0.3 is 0 Å². The molecule has 0 aliphatic carbocycles. The number of ether oxygens (including phenoxy) is 1. The van der Waals surface area contributed by atoms with Crippen LogP contribution in [0.4, 0.5) is 5.82 Å². The van der Waals surface area contributed by atoms with Crippen molar-refractivity contribution in [2.75, 3.05) is 24.7 Å². The maximum absolute atomic E-state index is 9.76. The number of nitrogens with zero attached hydrogens (tertiary/aromatic N) is 5. The van der Waals surface area contributed by atoms with Gasteiger partial charge in [-0.3, -0.25) is 0 Å². The van der Waals surface area contributed by atoms with E-state index in [0.717, 1.165) is 23.4 Å². The van der Waals surface area contributed by atoms with Crippen molar-refractivity contribution in [3.63, 3.8) is 0 Å². The van der Waals surface area contributed by atoms with Gasteiger partial charge in [-0.15, -0.1) is 0 Å². The highest BCUT2D eigenvalue weighted by Crippen LogP contribution is 2.29. The van der Waals surface area contributed by atoms with Crippen molar-refractivity contribution in [1.29, 1.82) is 0 Å². The predicted octanol–water partition coefficient (Wildman–Crippen LogP) is 1.56. The van der Waals surface area contributed by atoms with Crippen LogP contribution in [0.1, 0.15) is 34.1 Å². The highest BCUT2D eigenvalue weighted by Gasteiger charge is 2.28. The molecule has 2 aromatic heterocycles. The molecule has 1 aliphatic heterocycles. The first-order valence-electron chi connectivity index (χ1n) is 8.09. The second kappa shape index (κ2) is 6.05. The molecule has 23 heavy (non-hydrogen) atoms. The summed E-state index contributed by atoms with van der Waals surface area (Å²) in [5, 5.41) is 15.2. The summed E-state index contributed by atoms with van der Waals surface area (Å²) in [6, 6.07) is 0.111. The first kappa shape index (κ1) is 16.1. The summed E-state index contributed by atoms with van der Waals surface area (Å²) in [5.41, 5.74) is 0.696. The molecule has 2 unspecified atom stereocenters. The number of hydrogen-bond donors (Lipinski definition) is 1. The largest absolute Gasteiger partial charge is 0.393 e. The van der Waals surface area contributed by atoms with Crippen molar-refractivity contribution in [2.45, 2.75) is 51.8 Å². The molecule has 1 fully saturated rings. The fourth-order valence-corrected chi connectivity index (χ4v) is 3.07. The summed E-state index contributed by atoms with van der Waals surface area (Å²) in [6.07, 6.45) is 3.71. The zero-order valence-corrected chi connectivity index (χ0v) is 14.2. The van der Waals surface area contributed by atoms with E-state index in [9.17, 15) is 5.11 Å². The van der Waals surface area contributed by atoms with Gasteiger partial charge < -0.3 is 14.7 Å². The molecule has 0 spiro atoms. The molecule has 7 heteroatoms. The molecule has 0 amide bonds. The zero-order chi connectivity index (χ0) is 16.6. The average Bonchev–Trinajstić information content (AvgIpc) is 2.91. The Balaban J connectivity index is 2.03. The normalized spacial score (nSPS) is 20.9. The third-order valence-corrected chi connectivity index (χ3v) is 4.09. The molecular formula is C16H25N5O2. The van der Waals surface area contributed by atoms with Gasteiger partial charge in [0.25, 0.3) is 0 Å². The standard InChI is InChI=1S/C16H25N5O2/c1-11(22)7-12-9-23-6-5-20(12)14-13-8-19-21(16(2,3)4)15(13)18-10-17-14/h8,10-12,22H,5-7,9H2,1-4H3. The number of rotatable bonds is 3. The SMILES string of the molecule is CC(O)CC1COCCN1c1ncnc2c1cnn2C(C)(C)C. The van der Waals surface area contributed by atoms with E-state index in [-0.39, 0.29) is 17.7 Å². The number of aliphatic hydroxyl groups is 1. The van der Waals surface area contributed by atoms with E-state index < -0.39 is 0 Å². The Kier molecular flexibility index (Phi) is 4.25. The van der Waals surface area contributed by atoms with E-state index in [4.69, 9.17) is 4.74 Å². The van der Waals surface area contributed by atoms with Gasteiger partial charge in [0.1, 0.15) is 12.1 Å².